The molecule has 2 rings (SSSR count). The largest absolute Gasteiger partial charge is 0.448 e. The summed E-state index contributed by atoms with van der Waals surface area (Å²) in [6, 6.07) is 0. The van der Waals surface area contributed by atoms with Crippen LogP contribution in [0.5, 0.6) is 0 Å². The maximum Gasteiger partial charge on any atom is 0.392 e. The minimum absolute atomic E-state index is 0.125. The summed E-state index contributed by atoms with van der Waals surface area (Å²) in [5.74, 6) is -1.88. The van der Waals surface area contributed by atoms with Crippen molar-refractivity contribution < 1.29 is 22.7 Å². The van der Waals surface area contributed by atoms with Gasteiger partial charge < -0.3 is 9.52 Å². The lowest BCUT2D eigenvalue weighted by atomic mass is 9.77. The molecule has 0 saturated heterocycles. The van der Waals surface area contributed by atoms with Gasteiger partial charge in [0, 0.05) is 5.92 Å². The summed E-state index contributed by atoms with van der Waals surface area (Å²) in [4.78, 5) is 3.74. The number of alkyl halides is 3. The minimum Gasteiger partial charge on any atom is -0.448 e. The Morgan fingerprint density at radius 2 is 2.06 bits per heavy atom. The number of hydrogen-bond acceptors (Lipinski definition) is 3. The van der Waals surface area contributed by atoms with E-state index in [1.807, 2.05) is 0 Å². The predicted octanol–water partition coefficient (Wildman–Crippen LogP) is 3.00. The lowest BCUT2D eigenvalue weighted by molar-refractivity contribution is -0.188. The van der Waals surface area contributed by atoms with E-state index in [4.69, 9.17) is 9.52 Å². The number of nitrogens with zero attached hydrogens (tertiary/aromatic N) is 1. The zero-order chi connectivity index (χ0) is 12.5. The lowest BCUT2D eigenvalue weighted by Crippen LogP contribution is -2.31. The summed E-state index contributed by atoms with van der Waals surface area (Å²) in [5, 5.41) is 9.02. The molecule has 1 saturated carbocycles. The normalized spacial score (nSPS) is 26.1. The maximum atomic E-state index is 12.9. The van der Waals surface area contributed by atoms with Crippen molar-refractivity contribution in [2.24, 2.45) is 5.92 Å². The Morgan fingerprint density at radius 1 is 1.35 bits per heavy atom. The van der Waals surface area contributed by atoms with E-state index in [1.165, 1.54) is 0 Å². The molecule has 2 atom stereocenters. The monoisotopic (exact) mass is 249 g/mol. The maximum absolute atomic E-state index is 12.9. The Kier molecular flexibility index (Phi) is 3.42. The fourth-order valence-corrected chi connectivity index (χ4v) is 2.54. The summed E-state index contributed by atoms with van der Waals surface area (Å²) in [6.07, 6.45) is -1.22. The van der Waals surface area contributed by atoms with Crippen molar-refractivity contribution in [2.45, 2.75) is 44.4 Å². The number of rotatable bonds is 2. The molecule has 1 heterocycles. The highest BCUT2D eigenvalue weighted by atomic mass is 19.4. The molecular weight excluding hydrogens is 235 g/mol. The molecule has 0 spiro atoms. The Balaban J connectivity index is 2.28. The molecule has 1 N–H and O–H groups in total. The first kappa shape index (κ1) is 12.4. The fraction of sp³-hybridized carbons (Fsp3) is 0.727. The van der Waals surface area contributed by atoms with Gasteiger partial charge in [-0.3, -0.25) is 0 Å². The molecule has 0 amide bonds. The first-order valence-electron chi connectivity index (χ1n) is 5.64. The smallest absolute Gasteiger partial charge is 0.392 e. The van der Waals surface area contributed by atoms with E-state index in [1.54, 1.807) is 0 Å². The Bertz CT molecular complexity index is 375. The van der Waals surface area contributed by atoms with Crippen molar-refractivity contribution in [3.05, 3.63) is 17.8 Å². The van der Waals surface area contributed by atoms with E-state index in [9.17, 15) is 13.2 Å². The number of hydrogen-bond donors (Lipinski definition) is 1. The summed E-state index contributed by atoms with van der Waals surface area (Å²) >= 11 is 0. The van der Waals surface area contributed by atoms with Gasteiger partial charge >= 0.3 is 6.18 Å². The second-order valence-electron chi connectivity index (χ2n) is 4.36. The molecule has 0 aliphatic heterocycles. The SMILES string of the molecule is OCc1ncoc1C1CCCCC1C(F)(F)F. The van der Waals surface area contributed by atoms with Gasteiger partial charge in [-0.2, -0.15) is 13.2 Å². The molecule has 0 bridgehead atoms. The van der Waals surface area contributed by atoms with Gasteiger partial charge in [0.1, 0.15) is 11.5 Å². The van der Waals surface area contributed by atoms with Gasteiger partial charge in [0.25, 0.3) is 0 Å². The second-order valence-corrected chi connectivity index (χ2v) is 4.36. The first-order valence-corrected chi connectivity index (χ1v) is 5.64. The van der Waals surface area contributed by atoms with E-state index >= 15 is 0 Å². The number of aliphatic hydroxyl groups excluding tert-OH is 1. The number of aromatic nitrogens is 1. The molecular formula is C11H14F3NO2. The third kappa shape index (κ3) is 2.46. The molecule has 6 heteroatoms. The molecule has 3 nitrogen and oxygen atoms in total. The van der Waals surface area contributed by atoms with Crippen LogP contribution in [-0.4, -0.2) is 16.3 Å². The third-order valence-electron chi connectivity index (χ3n) is 3.35. The Morgan fingerprint density at radius 3 is 2.71 bits per heavy atom. The number of halogens is 3. The van der Waals surface area contributed by atoms with Crippen LogP contribution in [0, 0.1) is 5.92 Å². The van der Waals surface area contributed by atoms with Crippen LogP contribution in [0.4, 0.5) is 13.2 Å². The van der Waals surface area contributed by atoms with Gasteiger partial charge in [-0.05, 0) is 12.8 Å². The first-order chi connectivity index (χ1) is 8.04. The zero-order valence-corrected chi connectivity index (χ0v) is 9.20. The molecule has 0 aromatic carbocycles. The Hall–Kier alpha value is -1.04. The average molecular weight is 249 g/mol. The van der Waals surface area contributed by atoms with E-state index in [0.29, 0.717) is 12.8 Å². The quantitative estimate of drug-likeness (QED) is 0.876. The van der Waals surface area contributed by atoms with Crippen LogP contribution in [0.3, 0.4) is 0 Å². The van der Waals surface area contributed by atoms with Crippen LogP contribution < -0.4 is 0 Å². The van der Waals surface area contributed by atoms with Gasteiger partial charge in [-0.1, -0.05) is 12.8 Å². The molecule has 1 aromatic heterocycles. The highest BCUT2D eigenvalue weighted by Crippen LogP contribution is 2.47. The van der Waals surface area contributed by atoms with Crippen molar-refractivity contribution in [1.82, 2.24) is 4.98 Å². The highest BCUT2D eigenvalue weighted by molar-refractivity contribution is 5.14. The van der Waals surface area contributed by atoms with Gasteiger partial charge in [0.2, 0.25) is 0 Å². The summed E-state index contributed by atoms with van der Waals surface area (Å²) < 4.78 is 43.7. The number of aliphatic hydroxyl groups is 1. The number of oxazole rings is 1. The molecule has 0 radical (unpaired) electrons. The van der Waals surface area contributed by atoms with Gasteiger partial charge in [0.05, 0.1) is 12.5 Å². The zero-order valence-electron chi connectivity index (χ0n) is 9.20. The Labute approximate surface area is 96.6 Å². The molecule has 96 valence electrons. The van der Waals surface area contributed by atoms with Crippen LogP contribution >= 0.6 is 0 Å². The van der Waals surface area contributed by atoms with Crippen LogP contribution in [0.2, 0.25) is 0 Å². The predicted molar refractivity (Wildman–Crippen MR) is 53.2 cm³/mol. The van der Waals surface area contributed by atoms with Crippen LogP contribution in [0.15, 0.2) is 10.8 Å². The van der Waals surface area contributed by atoms with Crippen LogP contribution in [0.1, 0.15) is 43.1 Å². The van der Waals surface area contributed by atoms with Gasteiger partial charge in [-0.25, -0.2) is 4.98 Å². The van der Waals surface area contributed by atoms with E-state index < -0.39 is 18.0 Å². The summed E-state index contributed by atoms with van der Waals surface area (Å²) in [5.41, 5.74) is 0.228. The topological polar surface area (TPSA) is 46.3 Å². The van der Waals surface area contributed by atoms with Crippen molar-refractivity contribution >= 4 is 0 Å². The molecule has 17 heavy (non-hydrogen) atoms. The molecule has 2 unspecified atom stereocenters. The van der Waals surface area contributed by atoms with Crippen molar-refractivity contribution in [2.75, 3.05) is 0 Å². The summed E-state index contributed by atoms with van der Waals surface area (Å²) in [7, 11) is 0. The third-order valence-corrected chi connectivity index (χ3v) is 3.35. The molecule has 1 aliphatic carbocycles. The van der Waals surface area contributed by atoms with Crippen molar-refractivity contribution in [3.8, 4) is 0 Å². The van der Waals surface area contributed by atoms with Crippen molar-refractivity contribution in [1.29, 1.82) is 0 Å². The van der Waals surface area contributed by atoms with Crippen LogP contribution in [-0.2, 0) is 6.61 Å². The van der Waals surface area contributed by atoms with Gasteiger partial charge in [-0.15, -0.1) is 0 Å². The molecule has 1 aromatic rings. The van der Waals surface area contributed by atoms with Crippen LogP contribution in [0.25, 0.3) is 0 Å². The second kappa shape index (κ2) is 4.68. The fourth-order valence-electron chi connectivity index (χ4n) is 2.54. The van der Waals surface area contributed by atoms with Crippen molar-refractivity contribution in [3.63, 3.8) is 0 Å². The summed E-state index contributed by atoms with van der Waals surface area (Å²) in [6.45, 7) is -0.382. The standard InChI is InChI=1S/C11H14F3NO2/c12-11(13,14)8-4-2-1-3-7(8)10-9(5-16)15-6-17-10/h6-8,16H,1-5H2. The average Bonchev–Trinajstić information content (AvgIpc) is 2.75. The minimum atomic E-state index is -4.22. The van der Waals surface area contributed by atoms with E-state index in [0.717, 1.165) is 12.8 Å². The molecule has 1 aliphatic rings. The highest BCUT2D eigenvalue weighted by Gasteiger charge is 2.47. The molecule has 1 fully saturated rings. The van der Waals surface area contributed by atoms with E-state index in [-0.39, 0.29) is 24.5 Å². The lowest BCUT2D eigenvalue weighted by Gasteiger charge is -2.31. The van der Waals surface area contributed by atoms with Gasteiger partial charge in [0.15, 0.2) is 6.39 Å². The van der Waals surface area contributed by atoms with E-state index in [2.05, 4.69) is 4.98 Å².